The second kappa shape index (κ2) is 47.1. The molecular formula is C123H126Br2Cl3F4N9O5. The topological polar surface area (TPSA) is 182 Å². The number of amides is 1. The van der Waals surface area contributed by atoms with E-state index < -0.39 is 40.0 Å². The van der Waals surface area contributed by atoms with Crippen molar-refractivity contribution in [2.24, 2.45) is 11.5 Å². The number of halogens is 9. The molecule has 1 amide bonds. The van der Waals surface area contributed by atoms with E-state index in [4.69, 9.17) is 46.3 Å². The van der Waals surface area contributed by atoms with E-state index in [1.54, 1.807) is 72.8 Å². The van der Waals surface area contributed by atoms with Crippen LogP contribution in [0.1, 0.15) is 210 Å². The van der Waals surface area contributed by atoms with E-state index >= 15 is 0 Å². The van der Waals surface area contributed by atoms with E-state index in [-0.39, 0.29) is 71.5 Å². The van der Waals surface area contributed by atoms with Crippen LogP contribution in [0, 0.1) is 23.3 Å². The highest BCUT2D eigenvalue weighted by Gasteiger charge is 2.55. The minimum absolute atomic E-state index is 0.0229. The molecule has 23 heteroatoms. The Morgan fingerprint density at radius 2 is 0.616 bits per heavy atom. The Kier molecular flexibility index (Phi) is 34.0. The molecule has 756 valence electrons. The number of fused-ring (bicyclic) bond motifs is 4. The first kappa shape index (κ1) is 105. The standard InChI is InChI=1S/C26H25Cl2NO.C26H25F2NO.C25H26Br2N2O.C25H26F2N2O.C21H24ClN3O/c2*27-23-12-6-4-10-21(23)25(22-11-5-7-13-24(22)28)29-19-14-15-20(29)17-26(30,16-19)18-8-2-1-3-9-18;2*26-22-11-5-2-8-19(22)24(20-9-3-6-12-23(20)27)29-15-13-25(30,14-16-29)21-10-4-1-7-18(21)17-28;1-16(18-9-5-6-10-19(18)22)24-13-11-21(12-14-24)20(26)23-15-25(21)17-7-3-2-4-8-17/h2*1-13,19-20,25,30H,14-17H2;2*1-12,24,30H,13-17,28H2;2-10,16H,11-15H2,1H3,(H,23,26). The lowest BCUT2D eigenvalue weighted by Gasteiger charge is -2.48. The molecule has 9 N–H and O–H groups in total. The molecule has 5 atom stereocenters. The maximum atomic E-state index is 14.9. The number of piperidine rings is 5. The summed E-state index contributed by atoms with van der Waals surface area (Å²) in [5.74, 6) is -1.21. The van der Waals surface area contributed by atoms with Crippen molar-refractivity contribution in [2.45, 2.75) is 192 Å². The Morgan fingerprint density at radius 1 is 0.336 bits per heavy atom. The lowest BCUT2D eigenvalue weighted by molar-refractivity contribution is -0.125. The number of likely N-dealkylation sites (tertiary alicyclic amines) is 3. The Bertz CT molecular complexity index is 6220. The van der Waals surface area contributed by atoms with Crippen LogP contribution < -0.4 is 21.7 Å². The molecule has 0 aromatic heterocycles. The fourth-order valence-electron chi connectivity index (χ4n) is 24.5. The van der Waals surface area contributed by atoms with Gasteiger partial charge in [0.1, 0.15) is 28.8 Å². The first-order valence-corrected chi connectivity index (χ1v) is 53.7. The number of para-hydroxylation sites is 1. The summed E-state index contributed by atoms with van der Waals surface area (Å²) >= 11 is 27.3. The lowest BCUT2D eigenvalue weighted by atomic mass is 9.79. The van der Waals surface area contributed by atoms with Crippen molar-refractivity contribution >= 4 is 78.3 Å². The number of hydrogen-bond donors (Lipinski definition) is 7. The fraction of sp³-hybridized carbons (Fsp3) is 0.309. The van der Waals surface area contributed by atoms with Gasteiger partial charge in [-0.2, -0.15) is 0 Å². The molecule has 0 radical (unpaired) electrons. The molecule has 8 fully saturated rings. The number of nitrogens with zero attached hydrogens (tertiary/aromatic N) is 6. The van der Waals surface area contributed by atoms with Crippen molar-refractivity contribution in [1.29, 1.82) is 0 Å². The van der Waals surface area contributed by atoms with Gasteiger partial charge in [-0.15, -0.1) is 0 Å². The van der Waals surface area contributed by atoms with Gasteiger partial charge in [0, 0.05) is 135 Å². The minimum atomic E-state index is -0.999. The molecule has 4 bridgehead atoms. The lowest BCUT2D eigenvalue weighted by Crippen LogP contribution is -2.56. The zero-order valence-electron chi connectivity index (χ0n) is 82.0. The van der Waals surface area contributed by atoms with Crippen LogP contribution in [0.2, 0.25) is 15.1 Å². The predicted octanol–water partition coefficient (Wildman–Crippen LogP) is 26.2. The number of hydrogen-bond acceptors (Lipinski definition) is 13. The number of carbonyl (C=O) groups excluding carboxylic acids is 1. The number of aliphatic hydroxyl groups is 4. The number of nitrogens with two attached hydrogens (primary N) is 2. The van der Waals surface area contributed by atoms with Crippen molar-refractivity contribution in [2.75, 3.05) is 50.8 Å². The van der Waals surface area contributed by atoms with Gasteiger partial charge in [-0.3, -0.25) is 29.3 Å². The smallest absolute Gasteiger partial charge is 0.247 e. The second-order valence-corrected chi connectivity index (χ2v) is 43.0. The van der Waals surface area contributed by atoms with Crippen LogP contribution in [0.25, 0.3) is 0 Å². The second-order valence-electron chi connectivity index (χ2n) is 40.1. The summed E-state index contributed by atoms with van der Waals surface area (Å²) in [4.78, 5) is 26.8. The normalized spacial score (nSPS) is 21.4. The molecule has 14 aromatic rings. The largest absolute Gasteiger partial charge is 0.385 e. The highest BCUT2D eigenvalue weighted by atomic mass is 79.9. The molecule has 0 aliphatic carbocycles. The van der Waals surface area contributed by atoms with E-state index in [9.17, 15) is 42.8 Å². The summed E-state index contributed by atoms with van der Waals surface area (Å²) in [5.41, 5.74) is 22.3. The molecule has 14 aromatic carbocycles. The summed E-state index contributed by atoms with van der Waals surface area (Å²) in [6, 6.07) is 113. The Hall–Kier alpha value is -10.5. The molecule has 1 spiro atoms. The minimum Gasteiger partial charge on any atom is -0.385 e. The summed E-state index contributed by atoms with van der Waals surface area (Å²) in [6.07, 6.45) is 10.5. The van der Waals surface area contributed by atoms with Crippen LogP contribution >= 0.6 is 66.7 Å². The SMILES string of the molecule is CC(c1ccccc1Cl)N1CCC2(CC1)C(=O)NCN2c1ccccc1.NCc1ccccc1C1(O)CCN(C(c2ccccc2Br)c2ccccc2Br)CC1.NCc1ccccc1C1(O)CCN(C(c2ccccc2F)c2ccccc2F)CC1.OC1(c2ccccc2)CC2CCC(C1)N2C(c1ccccc1Cl)c1ccccc1Cl.OC1(c2ccccc2)CC2CCC(C1)N2C(c1ccccc1F)c1ccccc1F. The molecule has 14 nitrogen and oxygen atoms in total. The molecule has 5 unspecified atom stereocenters. The van der Waals surface area contributed by atoms with Gasteiger partial charge in [0.15, 0.2) is 0 Å². The highest BCUT2D eigenvalue weighted by Crippen LogP contribution is 2.55. The van der Waals surface area contributed by atoms with Gasteiger partial charge in [0.2, 0.25) is 5.91 Å². The van der Waals surface area contributed by atoms with Crippen molar-refractivity contribution in [1.82, 2.24) is 29.8 Å². The van der Waals surface area contributed by atoms with Crippen LogP contribution in [0.3, 0.4) is 0 Å². The summed E-state index contributed by atoms with van der Waals surface area (Å²) < 4.78 is 61.4. The average Bonchev–Trinajstić information content (AvgIpc) is 1.60. The van der Waals surface area contributed by atoms with E-state index in [0.717, 1.165) is 157 Å². The van der Waals surface area contributed by atoms with E-state index in [1.165, 1.54) is 35.4 Å². The van der Waals surface area contributed by atoms with Gasteiger partial charge in [-0.05, 0) is 225 Å². The van der Waals surface area contributed by atoms with Gasteiger partial charge >= 0.3 is 0 Å². The van der Waals surface area contributed by atoms with Crippen LogP contribution in [0.4, 0.5) is 23.2 Å². The van der Waals surface area contributed by atoms with Gasteiger partial charge < -0.3 is 42.1 Å². The Labute approximate surface area is 887 Å². The van der Waals surface area contributed by atoms with Crippen molar-refractivity contribution in [3.05, 3.63) is 489 Å². The molecule has 8 saturated heterocycles. The molecule has 8 aliphatic rings. The van der Waals surface area contributed by atoms with Crippen LogP contribution in [0.5, 0.6) is 0 Å². The van der Waals surface area contributed by atoms with Crippen LogP contribution in [0.15, 0.2) is 367 Å². The molecular weight excluding hydrogens is 2030 g/mol. The number of benzene rings is 14. The molecule has 8 aliphatic heterocycles. The van der Waals surface area contributed by atoms with Gasteiger partial charge in [-0.1, -0.05) is 358 Å². The van der Waals surface area contributed by atoms with Crippen LogP contribution in [-0.4, -0.2) is 126 Å². The maximum absolute atomic E-state index is 14.9. The molecule has 146 heavy (non-hydrogen) atoms. The van der Waals surface area contributed by atoms with Gasteiger partial charge in [-0.25, -0.2) is 17.6 Å². The van der Waals surface area contributed by atoms with Gasteiger partial charge in [0.05, 0.1) is 53.2 Å². The molecule has 0 saturated carbocycles. The van der Waals surface area contributed by atoms with E-state index in [2.05, 4.69) is 152 Å². The Balaban J connectivity index is 0.000000120. The Morgan fingerprint density at radius 3 is 0.966 bits per heavy atom. The molecule has 22 rings (SSSR count). The van der Waals surface area contributed by atoms with Crippen molar-refractivity contribution < 1.29 is 42.8 Å². The average molecular weight is 2150 g/mol. The predicted molar refractivity (Wildman–Crippen MR) is 584 cm³/mol. The monoisotopic (exact) mass is 2150 g/mol. The first-order valence-electron chi connectivity index (χ1n) is 51.0. The number of carbonyl (C=O) groups is 1. The zero-order chi connectivity index (χ0) is 102. The van der Waals surface area contributed by atoms with E-state index in [1.807, 2.05) is 182 Å². The maximum Gasteiger partial charge on any atom is 0.247 e. The van der Waals surface area contributed by atoms with Crippen molar-refractivity contribution in [3.8, 4) is 0 Å². The fourth-order valence-corrected chi connectivity index (χ4v) is 26.3. The van der Waals surface area contributed by atoms with Gasteiger partial charge in [0.25, 0.3) is 0 Å². The number of rotatable bonds is 21. The first-order chi connectivity index (χ1) is 70.8. The summed E-state index contributed by atoms with van der Waals surface area (Å²) in [6.45, 7) is 7.93. The summed E-state index contributed by atoms with van der Waals surface area (Å²) in [5, 5.41) is 51.4. The third kappa shape index (κ3) is 22.7. The highest BCUT2D eigenvalue weighted by molar-refractivity contribution is 9.10. The van der Waals surface area contributed by atoms with E-state index in [0.29, 0.717) is 93.6 Å². The quantitative estimate of drug-likeness (QED) is 0.0338. The summed E-state index contributed by atoms with van der Waals surface area (Å²) in [7, 11) is 0. The zero-order valence-corrected chi connectivity index (χ0v) is 87.4. The third-order valence-electron chi connectivity index (χ3n) is 31.9. The number of nitrogens with one attached hydrogen (secondary N) is 1. The van der Waals surface area contributed by atoms with Crippen molar-refractivity contribution in [3.63, 3.8) is 0 Å². The molecule has 8 heterocycles. The third-order valence-corrected chi connectivity index (χ3v) is 34.3. The number of anilines is 1. The van der Waals surface area contributed by atoms with Crippen LogP contribution in [-0.2, 0) is 40.3 Å².